The Morgan fingerprint density at radius 2 is 1.81 bits per heavy atom. The largest absolute Gasteiger partial charge is 0.480 e. The first kappa shape index (κ1) is 23.5. The summed E-state index contributed by atoms with van der Waals surface area (Å²) in [5.41, 5.74) is -0.153. The summed E-state index contributed by atoms with van der Waals surface area (Å²) in [6, 6.07) is 16.5. The Morgan fingerprint density at radius 3 is 2.47 bits per heavy atom. The normalized spacial score (nSPS) is 12.8. The number of carbonyl (C=O) groups excluding carboxylic acids is 1. The smallest absolute Gasteiger partial charge is 0.330 e. The maximum absolute atomic E-state index is 13.1. The summed E-state index contributed by atoms with van der Waals surface area (Å²) in [4.78, 5) is 29.6. The maximum Gasteiger partial charge on any atom is 0.330 e. The Morgan fingerprint density at radius 1 is 1.12 bits per heavy atom. The second-order valence-electron chi connectivity index (χ2n) is 7.98. The molecule has 0 bridgehead atoms. The van der Waals surface area contributed by atoms with Crippen molar-refractivity contribution in [3.63, 3.8) is 0 Å². The number of hydrogen-bond acceptors (Lipinski definition) is 4. The van der Waals surface area contributed by atoms with E-state index in [1.54, 1.807) is 22.8 Å². The van der Waals surface area contributed by atoms with Crippen LogP contribution in [0.15, 0.2) is 60.8 Å². The molecule has 0 aliphatic carbocycles. The van der Waals surface area contributed by atoms with Gasteiger partial charge < -0.3 is 9.84 Å². The average Bonchev–Trinajstić information content (AvgIpc) is 3.15. The third kappa shape index (κ3) is 5.37. The van der Waals surface area contributed by atoms with Crippen molar-refractivity contribution in [2.24, 2.45) is 5.41 Å². The number of carboxylic acid groups (broad SMARTS) is 1. The highest BCUT2D eigenvalue weighted by atomic mass is 35.5. The molecule has 0 saturated heterocycles. The number of hydrogen-bond donors (Lipinski definition) is 1. The molecule has 1 unspecified atom stereocenters. The number of aryl methyl sites for hydroxylation is 1. The first-order valence-corrected chi connectivity index (χ1v) is 11.0. The molecule has 0 aliphatic heterocycles. The minimum Gasteiger partial charge on any atom is -0.480 e. The third-order valence-electron chi connectivity index (χ3n) is 5.46. The molecule has 1 aromatic heterocycles. The standard InChI is InChI=1S/C25H27ClN2O4/c1-3-4-14-21-27-16-22(28(21)17-19-12-8-9-13-20(19)26)32-24(31)25(2,23(29)30)15-18-10-6-5-7-11-18/h5-13,16H,3-4,14-15,17H2,1-2H3,(H,29,30). The van der Waals surface area contributed by atoms with Crippen LogP contribution in [0.1, 0.15) is 43.6 Å². The van der Waals surface area contributed by atoms with Gasteiger partial charge in [-0.1, -0.05) is 73.5 Å². The lowest BCUT2D eigenvalue weighted by Crippen LogP contribution is -2.41. The monoisotopic (exact) mass is 454 g/mol. The number of rotatable bonds is 10. The summed E-state index contributed by atoms with van der Waals surface area (Å²) in [5, 5.41) is 10.5. The Balaban J connectivity index is 1.90. The number of benzene rings is 2. The number of aliphatic carboxylic acids is 1. The molecule has 1 atom stereocenters. The van der Waals surface area contributed by atoms with Crippen molar-refractivity contribution in [2.75, 3.05) is 0 Å². The van der Waals surface area contributed by atoms with E-state index in [9.17, 15) is 14.7 Å². The fourth-order valence-corrected chi connectivity index (χ4v) is 3.62. The van der Waals surface area contributed by atoms with Crippen molar-refractivity contribution < 1.29 is 19.4 Å². The highest BCUT2D eigenvalue weighted by Crippen LogP contribution is 2.28. The molecule has 0 spiro atoms. The van der Waals surface area contributed by atoms with E-state index in [-0.39, 0.29) is 12.3 Å². The molecule has 32 heavy (non-hydrogen) atoms. The molecule has 6 nitrogen and oxygen atoms in total. The topological polar surface area (TPSA) is 81.4 Å². The summed E-state index contributed by atoms with van der Waals surface area (Å²) in [6.45, 7) is 3.84. The summed E-state index contributed by atoms with van der Waals surface area (Å²) in [7, 11) is 0. The second kappa shape index (κ2) is 10.5. The molecule has 0 saturated carbocycles. The SMILES string of the molecule is CCCCc1ncc(OC(=O)C(C)(Cc2ccccc2)C(=O)O)n1Cc1ccccc1Cl. The number of nitrogens with zero attached hydrogens (tertiary/aromatic N) is 2. The van der Waals surface area contributed by atoms with Gasteiger partial charge in [-0.3, -0.25) is 14.2 Å². The second-order valence-corrected chi connectivity index (χ2v) is 8.39. The highest BCUT2D eigenvalue weighted by molar-refractivity contribution is 6.31. The molecule has 0 amide bonds. The fraction of sp³-hybridized carbons (Fsp3) is 0.320. The average molecular weight is 455 g/mol. The molecule has 2 aromatic carbocycles. The number of carboxylic acids is 1. The van der Waals surface area contributed by atoms with E-state index in [0.717, 1.165) is 29.8 Å². The Bertz CT molecular complexity index is 1080. The van der Waals surface area contributed by atoms with Crippen LogP contribution < -0.4 is 4.74 Å². The molecular formula is C25H27ClN2O4. The minimum absolute atomic E-state index is 0.0172. The van der Waals surface area contributed by atoms with Gasteiger partial charge in [0.25, 0.3) is 0 Å². The lowest BCUT2D eigenvalue weighted by atomic mass is 9.83. The molecular weight excluding hydrogens is 428 g/mol. The van der Waals surface area contributed by atoms with E-state index in [0.29, 0.717) is 18.0 Å². The molecule has 3 aromatic rings. The summed E-state index contributed by atoms with van der Waals surface area (Å²) < 4.78 is 7.45. The number of unbranched alkanes of at least 4 members (excludes halogenated alkanes) is 1. The quantitative estimate of drug-likeness (QED) is 0.337. The lowest BCUT2D eigenvalue weighted by Gasteiger charge is -2.23. The van der Waals surface area contributed by atoms with Crippen LogP contribution in [-0.4, -0.2) is 26.6 Å². The van der Waals surface area contributed by atoms with Crippen LogP contribution in [-0.2, 0) is 29.0 Å². The van der Waals surface area contributed by atoms with Gasteiger partial charge in [-0.05, 0) is 37.0 Å². The Labute approximate surface area is 192 Å². The van der Waals surface area contributed by atoms with Crippen LogP contribution in [0.2, 0.25) is 5.02 Å². The Kier molecular flexibility index (Phi) is 7.70. The highest BCUT2D eigenvalue weighted by Gasteiger charge is 2.44. The zero-order valence-corrected chi connectivity index (χ0v) is 19.0. The van der Waals surface area contributed by atoms with Crippen LogP contribution in [0.5, 0.6) is 5.88 Å². The molecule has 168 valence electrons. The van der Waals surface area contributed by atoms with Crippen molar-refractivity contribution in [3.05, 3.63) is 82.8 Å². The van der Waals surface area contributed by atoms with Gasteiger partial charge in [0.15, 0.2) is 5.41 Å². The molecule has 1 N–H and O–H groups in total. The first-order chi connectivity index (χ1) is 15.3. The number of aromatic nitrogens is 2. The summed E-state index contributed by atoms with van der Waals surface area (Å²) in [6.07, 6.45) is 4.11. The Hall–Kier alpha value is -3.12. The zero-order valence-electron chi connectivity index (χ0n) is 18.3. The molecule has 1 heterocycles. The number of esters is 1. The van der Waals surface area contributed by atoms with Crippen molar-refractivity contribution in [3.8, 4) is 5.88 Å². The van der Waals surface area contributed by atoms with Gasteiger partial charge in [-0.15, -0.1) is 0 Å². The number of ether oxygens (including phenoxy) is 1. The number of imidazole rings is 1. The zero-order chi connectivity index (χ0) is 23.1. The van der Waals surface area contributed by atoms with Crippen LogP contribution in [0.3, 0.4) is 0 Å². The molecule has 7 heteroatoms. The van der Waals surface area contributed by atoms with Crippen LogP contribution in [0.25, 0.3) is 0 Å². The minimum atomic E-state index is -1.75. The summed E-state index contributed by atoms with van der Waals surface area (Å²) in [5.74, 6) is -1.11. The van der Waals surface area contributed by atoms with Crippen molar-refractivity contribution >= 4 is 23.5 Å². The van der Waals surface area contributed by atoms with Gasteiger partial charge in [0, 0.05) is 11.4 Å². The predicted molar refractivity (Wildman–Crippen MR) is 123 cm³/mol. The van der Waals surface area contributed by atoms with Gasteiger partial charge in [-0.2, -0.15) is 0 Å². The predicted octanol–water partition coefficient (Wildman–Crippen LogP) is 5.17. The fourth-order valence-electron chi connectivity index (χ4n) is 3.43. The molecule has 0 aliphatic rings. The lowest BCUT2D eigenvalue weighted by molar-refractivity contribution is -0.161. The van der Waals surface area contributed by atoms with Crippen LogP contribution in [0.4, 0.5) is 0 Å². The summed E-state index contributed by atoms with van der Waals surface area (Å²) >= 11 is 6.34. The molecule has 0 radical (unpaired) electrons. The van der Waals surface area contributed by atoms with E-state index in [1.165, 1.54) is 13.1 Å². The van der Waals surface area contributed by atoms with E-state index in [1.807, 2.05) is 36.4 Å². The van der Waals surface area contributed by atoms with E-state index in [4.69, 9.17) is 16.3 Å². The van der Waals surface area contributed by atoms with Crippen molar-refractivity contribution in [2.45, 2.75) is 46.1 Å². The van der Waals surface area contributed by atoms with Gasteiger partial charge in [0.2, 0.25) is 5.88 Å². The van der Waals surface area contributed by atoms with Crippen molar-refractivity contribution in [1.82, 2.24) is 9.55 Å². The molecule has 0 fully saturated rings. The number of carbonyl (C=O) groups is 2. The van der Waals surface area contributed by atoms with Gasteiger partial charge in [-0.25, -0.2) is 4.98 Å². The van der Waals surface area contributed by atoms with Crippen LogP contribution in [0, 0.1) is 5.41 Å². The third-order valence-corrected chi connectivity index (χ3v) is 5.83. The van der Waals surface area contributed by atoms with E-state index in [2.05, 4.69) is 11.9 Å². The van der Waals surface area contributed by atoms with Gasteiger partial charge in [0.05, 0.1) is 12.7 Å². The van der Waals surface area contributed by atoms with Crippen molar-refractivity contribution in [1.29, 1.82) is 0 Å². The maximum atomic E-state index is 13.1. The first-order valence-electron chi connectivity index (χ1n) is 10.6. The number of halogens is 1. The van der Waals surface area contributed by atoms with Gasteiger partial charge >= 0.3 is 11.9 Å². The molecule has 3 rings (SSSR count). The van der Waals surface area contributed by atoms with Crippen LogP contribution >= 0.6 is 11.6 Å². The van der Waals surface area contributed by atoms with Gasteiger partial charge in [0.1, 0.15) is 5.82 Å². The van der Waals surface area contributed by atoms with E-state index < -0.39 is 17.4 Å². The van der Waals surface area contributed by atoms with E-state index >= 15 is 0 Å².